The number of rotatable bonds is 9. The average Bonchev–Trinajstić information content (AvgIpc) is 2.99. The zero-order valence-corrected chi connectivity index (χ0v) is 21.6. The second-order valence-electron chi connectivity index (χ2n) is 10.0. The van der Waals surface area contributed by atoms with Gasteiger partial charge in [0, 0.05) is 12.6 Å². The molecule has 0 atom stereocenters. The predicted molar refractivity (Wildman–Crippen MR) is 150 cm³/mol. The van der Waals surface area contributed by atoms with Gasteiger partial charge in [-0.05, 0) is 67.7 Å². The third-order valence-corrected chi connectivity index (χ3v) is 8.21. The Morgan fingerprint density at radius 3 is 1.86 bits per heavy atom. The maximum Gasteiger partial charge on any atom is 0.146 e. The Bertz CT molecular complexity index is 1170. The van der Waals surface area contributed by atoms with Crippen LogP contribution in [0.1, 0.15) is 48.6 Å². The fourth-order valence-electron chi connectivity index (χ4n) is 6.13. The van der Waals surface area contributed by atoms with Crippen molar-refractivity contribution in [2.45, 2.75) is 37.0 Å². The third-order valence-electron chi connectivity index (χ3n) is 8.21. The quantitative estimate of drug-likeness (QED) is 0.266. The molecule has 0 aliphatic carbocycles. The van der Waals surface area contributed by atoms with Gasteiger partial charge in [0.25, 0.3) is 0 Å². The van der Waals surface area contributed by atoms with E-state index in [4.69, 9.17) is 4.98 Å². The van der Waals surface area contributed by atoms with Crippen LogP contribution < -0.4 is 0 Å². The average molecular weight is 488 g/mol. The van der Waals surface area contributed by atoms with E-state index >= 15 is 0 Å². The number of ketones is 1. The molecule has 0 saturated carbocycles. The Labute approximate surface area is 221 Å². The number of piperidine rings is 1. The summed E-state index contributed by atoms with van der Waals surface area (Å²) in [6.45, 7) is 4.60. The van der Waals surface area contributed by atoms with Crippen LogP contribution in [0.3, 0.4) is 0 Å². The van der Waals surface area contributed by atoms with E-state index in [1.54, 1.807) is 6.42 Å². The molecule has 0 spiro atoms. The second kappa shape index (κ2) is 11.2. The summed E-state index contributed by atoms with van der Waals surface area (Å²) in [7, 11) is 0. The number of pyridine rings is 1. The lowest BCUT2D eigenvalue weighted by Crippen LogP contribution is -2.48. The number of aromatic nitrogens is 1. The number of benzene rings is 3. The minimum atomic E-state index is -0.413. The summed E-state index contributed by atoms with van der Waals surface area (Å²) in [6, 6.07) is 38.2. The lowest BCUT2D eigenvalue weighted by molar-refractivity contribution is -0.123. The normalized spacial score (nSPS) is 15.8. The summed E-state index contributed by atoms with van der Waals surface area (Å²) in [4.78, 5) is 20.6. The highest BCUT2D eigenvalue weighted by Gasteiger charge is 2.43. The molecule has 37 heavy (non-hydrogen) atoms. The van der Waals surface area contributed by atoms with E-state index in [1.165, 1.54) is 11.1 Å². The summed E-state index contributed by atoms with van der Waals surface area (Å²) in [5.41, 5.74) is 3.96. The van der Waals surface area contributed by atoms with Gasteiger partial charge in [-0.1, -0.05) is 104 Å². The Kier molecular flexibility index (Phi) is 7.62. The first-order valence-corrected chi connectivity index (χ1v) is 13.3. The van der Waals surface area contributed by atoms with E-state index in [0.717, 1.165) is 50.2 Å². The lowest BCUT2D eigenvalue weighted by Gasteiger charge is -2.43. The van der Waals surface area contributed by atoms with E-state index in [2.05, 4.69) is 89.8 Å². The third kappa shape index (κ3) is 4.89. The molecule has 187 valence electrons. The van der Waals surface area contributed by atoms with Gasteiger partial charge in [0.05, 0.1) is 16.5 Å². The number of carbonyl (C=O) groups excluding carboxylic acids is 1. The van der Waals surface area contributed by atoms with Crippen molar-refractivity contribution in [1.82, 2.24) is 9.88 Å². The first-order chi connectivity index (χ1) is 18.2. The van der Waals surface area contributed by atoms with Crippen molar-refractivity contribution in [3.8, 4) is 0 Å². The molecule has 1 saturated heterocycles. The minimum absolute atomic E-state index is 0.245. The number of Topliss-reactive ketones (excluding diaryl/α,β-unsaturated/α-hetero) is 1. The van der Waals surface area contributed by atoms with Gasteiger partial charge in [-0.25, -0.2) is 0 Å². The number of carbonyl (C=O) groups is 1. The van der Waals surface area contributed by atoms with Crippen molar-refractivity contribution < 1.29 is 4.79 Å². The first-order valence-electron chi connectivity index (χ1n) is 13.3. The van der Waals surface area contributed by atoms with Gasteiger partial charge in [-0.2, -0.15) is 0 Å². The fraction of sp³-hybridized carbons (Fsp3) is 0.265. The largest absolute Gasteiger partial charge is 0.303 e. The van der Waals surface area contributed by atoms with Crippen LogP contribution in [0.4, 0.5) is 0 Å². The van der Waals surface area contributed by atoms with E-state index in [1.807, 2.05) is 37.4 Å². The van der Waals surface area contributed by atoms with Crippen LogP contribution in [0, 0.1) is 6.42 Å². The molecule has 3 heteroatoms. The molecule has 3 aromatic carbocycles. The lowest BCUT2D eigenvalue weighted by atomic mass is 9.68. The van der Waals surface area contributed by atoms with E-state index in [0.29, 0.717) is 0 Å². The van der Waals surface area contributed by atoms with Crippen LogP contribution >= 0.6 is 0 Å². The van der Waals surface area contributed by atoms with E-state index in [9.17, 15) is 4.79 Å². The topological polar surface area (TPSA) is 33.2 Å². The van der Waals surface area contributed by atoms with Gasteiger partial charge in [-0.15, -0.1) is 0 Å². The summed E-state index contributed by atoms with van der Waals surface area (Å²) in [6.07, 6.45) is 6.25. The van der Waals surface area contributed by atoms with Crippen LogP contribution in [0.5, 0.6) is 0 Å². The highest BCUT2D eigenvalue weighted by molar-refractivity contribution is 5.96. The van der Waals surface area contributed by atoms with Crippen molar-refractivity contribution >= 4 is 5.78 Å². The Balaban J connectivity index is 1.45. The fourth-order valence-corrected chi connectivity index (χ4v) is 6.13. The standard InChI is InChI=1S/C34H35N2O/c1-2-32(37)33(28-14-6-3-7-15-28)21-25-36(26-22-33)27-23-34(29-16-8-4-9-17-29,30-18-10-5-11-19-30)31-20-12-13-24-35-31/h2-20,24H,21-23,25-27H2,1H3. The first kappa shape index (κ1) is 25.1. The summed E-state index contributed by atoms with van der Waals surface area (Å²) < 4.78 is 0. The minimum Gasteiger partial charge on any atom is -0.303 e. The molecule has 1 aromatic heterocycles. The van der Waals surface area contributed by atoms with Crippen molar-refractivity contribution in [3.63, 3.8) is 0 Å². The van der Waals surface area contributed by atoms with Crippen molar-refractivity contribution in [3.05, 3.63) is 144 Å². The Hall–Kier alpha value is -3.56. The molecular formula is C34H35N2O. The maximum absolute atomic E-state index is 13.2. The smallest absolute Gasteiger partial charge is 0.146 e. The number of likely N-dealkylation sites (tertiary alicyclic amines) is 1. The number of hydrogen-bond acceptors (Lipinski definition) is 3. The molecule has 1 fully saturated rings. The van der Waals surface area contributed by atoms with Crippen LogP contribution in [-0.2, 0) is 15.6 Å². The molecule has 5 rings (SSSR count). The number of hydrogen-bond donors (Lipinski definition) is 0. The molecule has 4 aromatic rings. The molecular weight excluding hydrogens is 452 g/mol. The molecule has 1 radical (unpaired) electrons. The monoisotopic (exact) mass is 487 g/mol. The molecule has 1 aliphatic heterocycles. The number of nitrogens with zero attached hydrogens (tertiary/aromatic N) is 2. The summed E-state index contributed by atoms with van der Waals surface area (Å²) in [5.74, 6) is 0.245. The van der Waals surface area contributed by atoms with Gasteiger partial charge < -0.3 is 4.90 Å². The van der Waals surface area contributed by atoms with Gasteiger partial charge in [0.1, 0.15) is 5.78 Å². The summed E-state index contributed by atoms with van der Waals surface area (Å²) >= 11 is 0. The van der Waals surface area contributed by atoms with Crippen LogP contribution in [0.15, 0.2) is 115 Å². The van der Waals surface area contributed by atoms with E-state index < -0.39 is 5.41 Å². The Morgan fingerprint density at radius 1 is 0.811 bits per heavy atom. The molecule has 0 bridgehead atoms. The van der Waals surface area contributed by atoms with Crippen molar-refractivity contribution in [2.75, 3.05) is 19.6 Å². The van der Waals surface area contributed by atoms with Gasteiger partial charge in [0.2, 0.25) is 0 Å². The molecule has 0 unspecified atom stereocenters. The molecule has 0 amide bonds. The van der Waals surface area contributed by atoms with E-state index in [-0.39, 0.29) is 11.2 Å². The molecule has 3 nitrogen and oxygen atoms in total. The van der Waals surface area contributed by atoms with Crippen LogP contribution in [0.2, 0.25) is 0 Å². The highest BCUT2D eigenvalue weighted by Crippen LogP contribution is 2.42. The summed E-state index contributed by atoms with van der Waals surface area (Å²) in [5, 5.41) is 0. The predicted octanol–water partition coefficient (Wildman–Crippen LogP) is 6.63. The maximum atomic E-state index is 13.2. The zero-order valence-electron chi connectivity index (χ0n) is 21.6. The van der Waals surface area contributed by atoms with Gasteiger partial charge in [-0.3, -0.25) is 9.78 Å². The molecule has 0 N–H and O–H groups in total. The van der Waals surface area contributed by atoms with Crippen LogP contribution in [0.25, 0.3) is 0 Å². The zero-order chi connectivity index (χ0) is 25.6. The molecule has 2 heterocycles. The van der Waals surface area contributed by atoms with Crippen LogP contribution in [-0.4, -0.2) is 35.3 Å². The molecule has 1 aliphatic rings. The Morgan fingerprint density at radius 2 is 1.35 bits per heavy atom. The highest BCUT2D eigenvalue weighted by atomic mass is 16.1. The second-order valence-corrected chi connectivity index (χ2v) is 10.0. The van der Waals surface area contributed by atoms with Gasteiger partial charge >= 0.3 is 0 Å². The van der Waals surface area contributed by atoms with Crippen molar-refractivity contribution in [1.29, 1.82) is 0 Å². The van der Waals surface area contributed by atoms with Gasteiger partial charge in [0.15, 0.2) is 0 Å². The SMILES string of the molecule is C[CH]C(=O)C1(c2ccccc2)CCN(CCC(c2ccccc2)(c2ccccc2)c2ccccn2)CC1. The van der Waals surface area contributed by atoms with Crippen molar-refractivity contribution in [2.24, 2.45) is 0 Å².